The van der Waals surface area contributed by atoms with Crippen LogP contribution in [0.1, 0.15) is 48.8 Å². The van der Waals surface area contributed by atoms with Crippen molar-refractivity contribution in [3.05, 3.63) is 76.7 Å². The maximum atomic E-state index is 13.2. The molecule has 1 saturated heterocycles. The van der Waals surface area contributed by atoms with Gasteiger partial charge < -0.3 is 25.4 Å². The van der Waals surface area contributed by atoms with Crippen LogP contribution in [0.15, 0.2) is 54.9 Å². The van der Waals surface area contributed by atoms with Crippen molar-refractivity contribution >= 4 is 52.2 Å². The summed E-state index contributed by atoms with van der Waals surface area (Å²) in [5.41, 5.74) is 1.37. The summed E-state index contributed by atoms with van der Waals surface area (Å²) in [7, 11) is 0. The van der Waals surface area contributed by atoms with Crippen LogP contribution in [0.4, 0.5) is 11.5 Å². The van der Waals surface area contributed by atoms with Gasteiger partial charge in [0, 0.05) is 24.9 Å². The number of hydrogen-bond acceptors (Lipinski definition) is 8. The molecule has 4 rings (SSSR count). The van der Waals surface area contributed by atoms with E-state index >= 15 is 0 Å². The van der Waals surface area contributed by atoms with Crippen molar-refractivity contribution in [2.24, 2.45) is 5.92 Å². The summed E-state index contributed by atoms with van der Waals surface area (Å²) < 4.78 is 12.1. The zero-order chi connectivity index (χ0) is 28.9. The van der Waals surface area contributed by atoms with Crippen LogP contribution in [0.25, 0.3) is 0 Å². The maximum absolute atomic E-state index is 13.2. The van der Waals surface area contributed by atoms with Gasteiger partial charge in [0.2, 0.25) is 0 Å². The summed E-state index contributed by atoms with van der Waals surface area (Å²) in [6, 6.07) is 12.2. The van der Waals surface area contributed by atoms with Crippen molar-refractivity contribution in [2.45, 2.75) is 45.8 Å². The second-order valence-electron chi connectivity index (χ2n) is 10.5. The van der Waals surface area contributed by atoms with Crippen molar-refractivity contribution in [1.29, 1.82) is 0 Å². The van der Waals surface area contributed by atoms with E-state index < -0.39 is 23.6 Å². The van der Waals surface area contributed by atoms with E-state index in [2.05, 4.69) is 25.9 Å². The van der Waals surface area contributed by atoms with Gasteiger partial charge in [-0.05, 0) is 82.6 Å². The number of anilines is 2. The molecule has 0 bridgehead atoms. The number of benzene rings is 1. The minimum atomic E-state index is -0.816. The molecule has 1 aliphatic heterocycles. The van der Waals surface area contributed by atoms with Gasteiger partial charge in [-0.25, -0.2) is 14.8 Å². The Morgan fingerprint density at radius 1 is 1.15 bits per heavy atom. The molecule has 0 aliphatic carbocycles. The number of halogens is 1. The summed E-state index contributed by atoms with van der Waals surface area (Å²) in [5.74, 6) is -0.174. The fourth-order valence-corrected chi connectivity index (χ4v) is 4.58. The highest BCUT2D eigenvalue weighted by atomic mass is 35.5. The van der Waals surface area contributed by atoms with Gasteiger partial charge in [0.05, 0.1) is 16.3 Å². The van der Waals surface area contributed by atoms with E-state index in [0.29, 0.717) is 39.4 Å². The van der Waals surface area contributed by atoms with E-state index in [0.717, 1.165) is 18.5 Å². The second-order valence-corrected chi connectivity index (χ2v) is 11.3. The minimum Gasteiger partial charge on any atom is -0.478 e. The maximum Gasteiger partial charge on any atom is 0.348 e. The highest BCUT2D eigenvalue weighted by Gasteiger charge is 2.36. The highest BCUT2D eigenvalue weighted by molar-refractivity contribution is 7.81. The van der Waals surface area contributed by atoms with E-state index in [1.807, 2.05) is 45.9 Å². The number of nitrogens with zero attached hydrogens (tertiary/aromatic N) is 2. The Balaban J connectivity index is 1.58. The Hall–Kier alpha value is -3.60. The number of aromatic nitrogens is 2. The first kappa shape index (κ1) is 29.4. The monoisotopic (exact) mass is 581 g/mol. The van der Waals surface area contributed by atoms with Gasteiger partial charge in [-0.1, -0.05) is 29.9 Å². The molecule has 11 heteroatoms. The minimum absolute atomic E-state index is 0.0557. The third-order valence-electron chi connectivity index (χ3n) is 6.04. The van der Waals surface area contributed by atoms with Crippen LogP contribution in [0, 0.1) is 12.8 Å². The number of nitrogens with one attached hydrogen (secondary N) is 3. The molecule has 3 N–H and O–H groups in total. The standard InChI is InChI=1S/C29H32ClN5O4S/c1-17-7-9-20(22(14-17)38-25(18-11-13-31-15-18)28(37)39-29(2,3)4)27(40)34-21-6-5-12-32-24(21)26(36)35-23-10-8-19(30)16-33-23/h5-10,12,14,16,18,25,31H,11,13,15H2,1-4H3,(H,34,40)(H,33,35,36)/t18-,25?/m1/s1. The Morgan fingerprint density at radius 2 is 1.95 bits per heavy atom. The van der Waals surface area contributed by atoms with Crippen LogP contribution in [-0.4, -0.2) is 51.6 Å². The zero-order valence-electron chi connectivity index (χ0n) is 22.8. The Kier molecular flexibility index (Phi) is 9.34. The van der Waals surface area contributed by atoms with E-state index in [1.165, 1.54) is 12.4 Å². The Labute approximate surface area is 244 Å². The summed E-state index contributed by atoms with van der Waals surface area (Å²) in [6.45, 7) is 8.86. The summed E-state index contributed by atoms with van der Waals surface area (Å²) >= 11 is 11.6. The van der Waals surface area contributed by atoms with Crippen LogP contribution in [0.3, 0.4) is 0 Å². The van der Waals surface area contributed by atoms with Gasteiger partial charge in [-0.3, -0.25) is 4.79 Å². The molecule has 0 saturated carbocycles. The molecule has 1 fully saturated rings. The largest absolute Gasteiger partial charge is 0.478 e. The lowest BCUT2D eigenvalue weighted by molar-refractivity contribution is -0.165. The molecule has 1 unspecified atom stereocenters. The van der Waals surface area contributed by atoms with Crippen molar-refractivity contribution in [2.75, 3.05) is 23.7 Å². The number of ether oxygens (including phenoxy) is 2. The molecule has 0 spiro atoms. The molecule has 210 valence electrons. The van der Waals surface area contributed by atoms with Crippen LogP contribution in [0.5, 0.6) is 5.75 Å². The Morgan fingerprint density at radius 3 is 2.62 bits per heavy atom. The molecule has 3 heterocycles. The first-order chi connectivity index (χ1) is 19.0. The number of thiocarbonyl (C=S) groups is 1. The number of carbonyl (C=O) groups is 2. The van der Waals surface area contributed by atoms with Gasteiger partial charge >= 0.3 is 5.97 Å². The van der Waals surface area contributed by atoms with Crippen LogP contribution in [0.2, 0.25) is 5.02 Å². The second kappa shape index (κ2) is 12.7. The summed E-state index contributed by atoms with van der Waals surface area (Å²) in [5, 5.41) is 9.59. The fraction of sp³-hybridized carbons (Fsp3) is 0.345. The average Bonchev–Trinajstić information content (AvgIpc) is 3.42. The third-order valence-corrected chi connectivity index (χ3v) is 6.59. The lowest BCUT2D eigenvalue weighted by Crippen LogP contribution is -2.41. The van der Waals surface area contributed by atoms with Crippen molar-refractivity contribution < 1.29 is 19.1 Å². The van der Waals surface area contributed by atoms with Crippen LogP contribution < -0.4 is 20.7 Å². The lowest BCUT2D eigenvalue weighted by atomic mass is 10.0. The molecule has 1 aliphatic rings. The van der Waals surface area contributed by atoms with E-state index in [4.69, 9.17) is 33.3 Å². The van der Waals surface area contributed by atoms with Crippen LogP contribution in [-0.2, 0) is 9.53 Å². The van der Waals surface area contributed by atoms with Gasteiger partial charge in [0.25, 0.3) is 5.91 Å². The molecular weight excluding hydrogens is 550 g/mol. The van der Waals surface area contributed by atoms with E-state index in [9.17, 15) is 9.59 Å². The van der Waals surface area contributed by atoms with Crippen molar-refractivity contribution in [3.63, 3.8) is 0 Å². The molecule has 2 aromatic heterocycles. The molecule has 1 aromatic carbocycles. The van der Waals surface area contributed by atoms with Gasteiger partial charge in [-0.15, -0.1) is 0 Å². The molecule has 2 atom stereocenters. The SMILES string of the molecule is Cc1ccc(C(=S)Nc2cccnc2C(=O)Nc2ccc(Cl)cn2)c(OC(C(=O)OC(C)(C)C)[C@@H]2CCNC2)c1. The fourth-order valence-electron chi connectivity index (χ4n) is 4.19. The van der Waals surface area contributed by atoms with E-state index in [1.54, 1.807) is 24.3 Å². The number of rotatable bonds is 8. The summed E-state index contributed by atoms with van der Waals surface area (Å²) in [6.07, 6.45) is 2.92. The topological polar surface area (TPSA) is 114 Å². The first-order valence-corrected chi connectivity index (χ1v) is 13.7. The van der Waals surface area contributed by atoms with E-state index in [-0.39, 0.29) is 11.6 Å². The van der Waals surface area contributed by atoms with Gasteiger partial charge in [-0.2, -0.15) is 0 Å². The number of aryl methyl sites for hydroxylation is 1. The van der Waals surface area contributed by atoms with Gasteiger partial charge in [0.15, 0.2) is 11.8 Å². The van der Waals surface area contributed by atoms with Crippen molar-refractivity contribution in [1.82, 2.24) is 15.3 Å². The average molecular weight is 582 g/mol. The number of pyridine rings is 2. The molecule has 40 heavy (non-hydrogen) atoms. The quantitative estimate of drug-likeness (QED) is 0.244. The molecular formula is C29H32ClN5O4S. The number of carbonyl (C=O) groups excluding carboxylic acids is 2. The smallest absolute Gasteiger partial charge is 0.348 e. The first-order valence-electron chi connectivity index (χ1n) is 12.9. The number of amides is 1. The normalized spacial score (nSPS) is 15.7. The van der Waals surface area contributed by atoms with Gasteiger partial charge in [0.1, 0.15) is 22.2 Å². The number of esters is 1. The summed E-state index contributed by atoms with van der Waals surface area (Å²) in [4.78, 5) is 34.9. The predicted molar refractivity (Wildman–Crippen MR) is 159 cm³/mol. The van der Waals surface area contributed by atoms with Crippen LogP contribution >= 0.6 is 23.8 Å². The predicted octanol–water partition coefficient (Wildman–Crippen LogP) is 5.18. The highest BCUT2D eigenvalue weighted by Crippen LogP contribution is 2.28. The number of hydrogen-bond donors (Lipinski definition) is 3. The third kappa shape index (κ3) is 7.74. The molecule has 1 amide bonds. The molecule has 3 aromatic rings. The zero-order valence-corrected chi connectivity index (χ0v) is 24.4. The molecule has 9 nitrogen and oxygen atoms in total. The molecule has 0 radical (unpaired) electrons. The Bertz CT molecular complexity index is 1390. The lowest BCUT2D eigenvalue weighted by Gasteiger charge is -2.28. The van der Waals surface area contributed by atoms with Crippen molar-refractivity contribution in [3.8, 4) is 5.75 Å².